The van der Waals surface area contributed by atoms with E-state index in [0.29, 0.717) is 34.8 Å². The van der Waals surface area contributed by atoms with E-state index >= 15 is 0 Å². The molecule has 1 heterocycles. The van der Waals surface area contributed by atoms with Crippen LogP contribution < -0.4 is 4.74 Å². The molecule has 0 aliphatic heterocycles. The van der Waals surface area contributed by atoms with Gasteiger partial charge in [-0.3, -0.25) is 4.79 Å². The van der Waals surface area contributed by atoms with E-state index in [0.717, 1.165) is 5.56 Å². The minimum atomic E-state index is -0.283. The molecule has 1 unspecified atom stereocenters. The monoisotopic (exact) mass is 444 g/mol. The smallest absolute Gasteiger partial charge is 0.236 e. The number of hydrogen-bond donors (Lipinski definition) is 0. The quantitative estimate of drug-likeness (QED) is 0.452. The fourth-order valence-corrected chi connectivity index (χ4v) is 4.00. The third-order valence-corrected chi connectivity index (χ3v) is 6.09. The molecule has 2 aromatic carbocycles. The van der Waals surface area contributed by atoms with Gasteiger partial charge in [0.15, 0.2) is 11.0 Å². The highest BCUT2D eigenvalue weighted by molar-refractivity contribution is 8.00. The van der Waals surface area contributed by atoms with Crippen molar-refractivity contribution < 1.29 is 9.53 Å². The second-order valence-electron chi connectivity index (χ2n) is 6.78. The molecule has 0 aliphatic rings. The van der Waals surface area contributed by atoms with Crippen LogP contribution in [0.1, 0.15) is 25.2 Å². The summed E-state index contributed by atoms with van der Waals surface area (Å²) in [6, 6.07) is 17.3. The van der Waals surface area contributed by atoms with Crippen molar-refractivity contribution in [2.45, 2.75) is 37.4 Å². The van der Waals surface area contributed by atoms with Gasteiger partial charge >= 0.3 is 0 Å². The lowest BCUT2D eigenvalue weighted by atomic mass is 10.2. The Morgan fingerprint density at radius 1 is 1.17 bits per heavy atom. The van der Waals surface area contributed by atoms with E-state index in [2.05, 4.69) is 10.2 Å². The molecule has 0 saturated heterocycles. The second kappa shape index (κ2) is 10.5. The maximum Gasteiger partial charge on any atom is 0.236 e. The summed E-state index contributed by atoms with van der Waals surface area (Å²) >= 11 is 7.52. The Bertz CT molecular complexity index is 980. The van der Waals surface area contributed by atoms with E-state index in [1.165, 1.54) is 11.8 Å². The third kappa shape index (κ3) is 5.55. The van der Waals surface area contributed by atoms with E-state index in [4.69, 9.17) is 16.3 Å². The van der Waals surface area contributed by atoms with Crippen molar-refractivity contribution in [3.05, 3.63) is 71.0 Å². The van der Waals surface area contributed by atoms with E-state index in [1.54, 1.807) is 12.1 Å². The molecular formula is C22H25ClN4O2S. The number of rotatable bonds is 9. The molecule has 0 radical (unpaired) electrons. The number of ether oxygens (including phenoxy) is 1. The Labute approximate surface area is 186 Å². The summed E-state index contributed by atoms with van der Waals surface area (Å²) in [6.45, 7) is 5.37. The first-order valence-corrected chi connectivity index (χ1v) is 11.0. The lowest BCUT2D eigenvalue weighted by Crippen LogP contribution is -2.36. The maximum absolute atomic E-state index is 13.0. The van der Waals surface area contributed by atoms with E-state index in [-0.39, 0.29) is 17.8 Å². The van der Waals surface area contributed by atoms with Crippen molar-refractivity contribution in [1.29, 1.82) is 0 Å². The molecule has 0 saturated carbocycles. The summed E-state index contributed by atoms with van der Waals surface area (Å²) in [5.41, 5.74) is 1.11. The molecule has 6 nitrogen and oxygen atoms in total. The minimum absolute atomic E-state index is 0.0724. The van der Waals surface area contributed by atoms with Crippen LogP contribution in [-0.4, -0.2) is 37.4 Å². The van der Waals surface area contributed by atoms with Gasteiger partial charge in [0.05, 0.1) is 10.3 Å². The number of carbonyl (C=O) groups is 1. The zero-order chi connectivity index (χ0) is 21.5. The molecule has 8 heteroatoms. The Morgan fingerprint density at radius 2 is 1.87 bits per heavy atom. The predicted molar refractivity (Wildman–Crippen MR) is 120 cm³/mol. The Hall–Kier alpha value is -2.51. The lowest BCUT2D eigenvalue weighted by molar-refractivity contribution is -0.130. The largest absolute Gasteiger partial charge is 0.484 e. The first-order valence-electron chi connectivity index (χ1n) is 9.74. The minimum Gasteiger partial charge on any atom is -0.484 e. The average Bonchev–Trinajstić information content (AvgIpc) is 3.11. The molecule has 1 aromatic heterocycles. The van der Waals surface area contributed by atoms with Gasteiger partial charge in [-0.2, -0.15) is 0 Å². The Balaban J connectivity index is 1.61. The van der Waals surface area contributed by atoms with Crippen molar-refractivity contribution >= 4 is 29.3 Å². The zero-order valence-corrected chi connectivity index (χ0v) is 18.9. The van der Waals surface area contributed by atoms with Crippen LogP contribution >= 0.6 is 23.4 Å². The summed E-state index contributed by atoms with van der Waals surface area (Å²) in [6.07, 6.45) is 0. The summed E-state index contributed by atoms with van der Waals surface area (Å²) in [4.78, 5) is 14.8. The van der Waals surface area contributed by atoms with Crippen molar-refractivity contribution in [2.24, 2.45) is 7.05 Å². The number of thioether (sulfide) groups is 1. The molecule has 158 valence electrons. The van der Waals surface area contributed by atoms with Gasteiger partial charge in [0.2, 0.25) is 5.91 Å². The van der Waals surface area contributed by atoms with Gasteiger partial charge in [0, 0.05) is 20.1 Å². The summed E-state index contributed by atoms with van der Waals surface area (Å²) in [5.74, 6) is 1.33. The molecule has 3 aromatic rings. The van der Waals surface area contributed by atoms with Crippen LogP contribution in [0.2, 0.25) is 5.02 Å². The van der Waals surface area contributed by atoms with Crippen LogP contribution in [0, 0.1) is 0 Å². The highest BCUT2D eigenvalue weighted by Gasteiger charge is 2.23. The Kier molecular flexibility index (Phi) is 7.76. The van der Waals surface area contributed by atoms with Crippen molar-refractivity contribution in [1.82, 2.24) is 19.7 Å². The van der Waals surface area contributed by atoms with Crippen LogP contribution in [0.25, 0.3) is 0 Å². The molecule has 0 fully saturated rings. The van der Waals surface area contributed by atoms with Gasteiger partial charge < -0.3 is 14.2 Å². The highest BCUT2D eigenvalue weighted by atomic mass is 35.5. The van der Waals surface area contributed by atoms with E-state index < -0.39 is 0 Å². The number of hydrogen-bond acceptors (Lipinski definition) is 5. The van der Waals surface area contributed by atoms with Gasteiger partial charge in [-0.1, -0.05) is 65.8 Å². The van der Waals surface area contributed by atoms with Gasteiger partial charge in [-0.15, -0.1) is 10.2 Å². The predicted octanol–water partition coefficient (Wildman–Crippen LogP) is 4.58. The molecule has 30 heavy (non-hydrogen) atoms. The number of halogens is 1. The fourth-order valence-electron chi connectivity index (χ4n) is 2.89. The van der Waals surface area contributed by atoms with Crippen LogP contribution in [0.15, 0.2) is 59.8 Å². The molecule has 3 rings (SSSR count). The van der Waals surface area contributed by atoms with Gasteiger partial charge in [0.1, 0.15) is 12.4 Å². The fraction of sp³-hybridized carbons (Fsp3) is 0.318. The highest BCUT2D eigenvalue weighted by Crippen LogP contribution is 2.26. The molecule has 0 aliphatic carbocycles. The molecule has 0 N–H and O–H groups in total. The van der Waals surface area contributed by atoms with Crippen molar-refractivity contribution in [3.63, 3.8) is 0 Å². The number of aromatic nitrogens is 3. The summed E-state index contributed by atoms with van der Waals surface area (Å²) in [7, 11) is 1.87. The molecular weight excluding hydrogens is 420 g/mol. The molecule has 0 bridgehead atoms. The van der Waals surface area contributed by atoms with Crippen LogP contribution in [0.5, 0.6) is 5.75 Å². The molecule has 0 spiro atoms. The Morgan fingerprint density at radius 3 is 2.57 bits per heavy atom. The number of nitrogens with zero attached hydrogens (tertiary/aromatic N) is 4. The first kappa shape index (κ1) is 22.2. The summed E-state index contributed by atoms with van der Waals surface area (Å²) in [5, 5.41) is 9.37. The van der Waals surface area contributed by atoms with Crippen LogP contribution in [0.4, 0.5) is 0 Å². The molecule has 1 amide bonds. The number of amides is 1. The first-order chi connectivity index (χ1) is 14.5. The molecule has 1 atom stereocenters. The van der Waals surface area contributed by atoms with E-state index in [9.17, 15) is 4.79 Å². The van der Waals surface area contributed by atoms with E-state index in [1.807, 2.05) is 72.8 Å². The van der Waals surface area contributed by atoms with Crippen molar-refractivity contribution in [2.75, 3.05) is 6.54 Å². The van der Waals surface area contributed by atoms with Gasteiger partial charge in [-0.25, -0.2) is 0 Å². The SMILES string of the molecule is CCN(Cc1ccccc1)C(=O)C(C)Sc1nnc(COc2ccccc2Cl)n1C. The topological polar surface area (TPSA) is 60.3 Å². The maximum atomic E-state index is 13.0. The average molecular weight is 445 g/mol. The van der Waals surface area contributed by atoms with Gasteiger partial charge in [0.25, 0.3) is 0 Å². The normalized spacial score (nSPS) is 11.9. The van der Waals surface area contributed by atoms with Crippen molar-refractivity contribution in [3.8, 4) is 5.75 Å². The lowest BCUT2D eigenvalue weighted by Gasteiger charge is -2.24. The van der Waals surface area contributed by atoms with Crippen LogP contribution in [-0.2, 0) is 25.0 Å². The number of carbonyl (C=O) groups excluding carboxylic acids is 1. The second-order valence-corrected chi connectivity index (χ2v) is 8.49. The zero-order valence-electron chi connectivity index (χ0n) is 17.3. The third-order valence-electron chi connectivity index (χ3n) is 4.66. The summed E-state index contributed by atoms with van der Waals surface area (Å²) < 4.78 is 7.60. The standard InChI is InChI=1S/C22H25ClN4O2S/c1-4-27(14-17-10-6-5-7-11-17)21(28)16(2)30-22-25-24-20(26(22)3)15-29-19-13-9-8-12-18(19)23/h5-13,16H,4,14-15H2,1-3H3. The van der Waals surface area contributed by atoms with Crippen LogP contribution in [0.3, 0.4) is 0 Å². The van der Waals surface area contributed by atoms with Gasteiger partial charge in [-0.05, 0) is 31.5 Å². The number of benzene rings is 2. The number of para-hydroxylation sites is 1.